The molecule has 1 fully saturated rings. The smallest absolute Gasteiger partial charge is 0.272 e. The first-order valence-electron chi connectivity index (χ1n) is 11.7. The van der Waals surface area contributed by atoms with Gasteiger partial charge in [0.05, 0.1) is 18.2 Å². The lowest BCUT2D eigenvalue weighted by Crippen LogP contribution is -2.48. The van der Waals surface area contributed by atoms with Crippen LogP contribution in [0.4, 0.5) is 23.0 Å². The van der Waals surface area contributed by atoms with Crippen molar-refractivity contribution < 1.29 is 9.59 Å². The van der Waals surface area contributed by atoms with Crippen LogP contribution >= 0.6 is 0 Å². The Kier molecular flexibility index (Phi) is 6.57. The summed E-state index contributed by atoms with van der Waals surface area (Å²) in [6.07, 6.45) is 4.79. The van der Waals surface area contributed by atoms with Gasteiger partial charge in [0, 0.05) is 61.9 Å². The highest BCUT2D eigenvalue weighted by molar-refractivity contribution is 5.92. The molecule has 0 aliphatic carbocycles. The van der Waals surface area contributed by atoms with Gasteiger partial charge in [0.1, 0.15) is 5.69 Å². The van der Waals surface area contributed by atoms with Crippen molar-refractivity contribution in [1.29, 1.82) is 0 Å². The number of imidazole rings is 1. The van der Waals surface area contributed by atoms with Gasteiger partial charge in [-0.25, -0.2) is 15.0 Å². The van der Waals surface area contributed by atoms with Crippen LogP contribution in [0.5, 0.6) is 0 Å². The second-order valence-electron chi connectivity index (χ2n) is 8.44. The maximum absolute atomic E-state index is 12.5. The Morgan fingerprint density at radius 1 is 0.917 bits per heavy atom. The van der Waals surface area contributed by atoms with Crippen molar-refractivity contribution in [2.45, 2.75) is 6.92 Å². The van der Waals surface area contributed by atoms with Crippen molar-refractivity contribution in [3.63, 3.8) is 0 Å². The van der Waals surface area contributed by atoms with Crippen LogP contribution in [0.2, 0.25) is 0 Å². The number of anilines is 4. The molecular weight excluding hydrogens is 456 g/mol. The van der Waals surface area contributed by atoms with Crippen LogP contribution in [0, 0.1) is 0 Å². The maximum Gasteiger partial charge on any atom is 0.272 e. The molecule has 3 heterocycles. The molecule has 10 nitrogen and oxygen atoms in total. The minimum absolute atomic E-state index is 0.0161. The molecule has 2 amide bonds. The highest BCUT2D eigenvalue weighted by Gasteiger charge is 2.23. The summed E-state index contributed by atoms with van der Waals surface area (Å²) in [5.74, 6) is 0.375. The van der Waals surface area contributed by atoms with E-state index in [1.165, 1.54) is 13.3 Å². The minimum atomic E-state index is -0.107. The molecule has 36 heavy (non-hydrogen) atoms. The molecule has 1 aliphatic heterocycles. The first-order chi connectivity index (χ1) is 17.5. The van der Waals surface area contributed by atoms with E-state index in [-0.39, 0.29) is 11.8 Å². The monoisotopic (exact) mass is 482 g/mol. The largest absolute Gasteiger partial charge is 0.368 e. The highest BCUT2D eigenvalue weighted by Crippen LogP contribution is 2.24. The number of aromatic amines is 1. The molecule has 10 heteroatoms. The van der Waals surface area contributed by atoms with Crippen molar-refractivity contribution >= 4 is 34.8 Å². The maximum atomic E-state index is 12.5. The van der Waals surface area contributed by atoms with Crippen LogP contribution < -0.4 is 15.5 Å². The quantitative estimate of drug-likeness (QED) is 0.385. The number of carbonyl (C=O) groups is 2. The lowest BCUT2D eigenvalue weighted by Gasteiger charge is -2.36. The fourth-order valence-electron chi connectivity index (χ4n) is 4.10. The summed E-state index contributed by atoms with van der Waals surface area (Å²) in [5, 5.41) is 6.02. The summed E-state index contributed by atoms with van der Waals surface area (Å²) in [5.41, 5.74) is 4.95. The van der Waals surface area contributed by atoms with Crippen LogP contribution in [0.1, 0.15) is 17.4 Å². The number of aromatic nitrogens is 4. The number of hydrogen-bond acceptors (Lipinski definition) is 7. The molecule has 0 unspecified atom stereocenters. The van der Waals surface area contributed by atoms with Crippen LogP contribution in [-0.2, 0) is 4.79 Å². The number of carbonyl (C=O) groups excluding carboxylic acids is 2. The van der Waals surface area contributed by atoms with Crippen LogP contribution in [0.15, 0.2) is 73.3 Å². The average Bonchev–Trinajstić information content (AvgIpc) is 3.44. The van der Waals surface area contributed by atoms with E-state index in [1.54, 1.807) is 12.4 Å². The molecule has 2 aromatic carbocycles. The molecule has 3 N–H and O–H groups in total. The molecule has 5 rings (SSSR count). The molecule has 182 valence electrons. The minimum Gasteiger partial charge on any atom is -0.368 e. The molecule has 2 aromatic heterocycles. The van der Waals surface area contributed by atoms with Gasteiger partial charge in [-0.05, 0) is 42.5 Å². The van der Waals surface area contributed by atoms with E-state index in [0.717, 1.165) is 41.4 Å². The number of amides is 2. The number of rotatable bonds is 6. The first-order valence-corrected chi connectivity index (χ1v) is 11.7. The van der Waals surface area contributed by atoms with Crippen molar-refractivity contribution in [3.05, 3.63) is 79.0 Å². The predicted molar refractivity (Wildman–Crippen MR) is 138 cm³/mol. The number of hydrogen-bond donors (Lipinski definition) is 3. The predicted octanol–water partition coefficient (Wildman–Crippen LogP) is 3.53. The van der Waals surface area contributed by atoms with Crippen molar-refractivity contribution in [1.82, 2.24) is 24.8 Å². The van der Waals surface area contributed by atoms with Gasteiger partial charge in [-0.15, -0.1) is 0 Å². The fraction of sp³-hybridized carbons (Fsp3) is 0.192. The lowest BCUT2D eigenvalue weighted by molar-refractivity contribution is -0.114. The zero-order chi connectivity index (χ0) is 24.9. The van der Waals surface area contributed by atoms with E-state index < -0.39 is 0 Å². The summed E-state index contributed by atoms with van der Waals surface area (Å²) in [6.45, 7) is 4.32. The van der Waals surface area contributed by atoms with Gasteiger partial charge in [0.25, 0.3) is 5.91 Å². The molecule has 0 spiro atoms. The van der Waals surface area contributed by atoms with E-state index in [0.29, 0.717) is 24.7 Å². The van der Waals surface area contributed by atoms with Gasteiger partial charge in [-0.3, -0.25) is 9.59 Å². The molecule has 0 atom stereocenters. The van der Waals surface area contributed by atoms with Crippen molar-refractivity contribution in [2.75, 3.05) is 41.7 Å². The zero-order valence-electron chi connectivity index (χ0n) is 19.8. The van der Waals surface area contributed by atoms with Gasteiger partial charge in [0.2, 0.25) is 11.9 Å². The summed E-state index contributed by atoms with van der Waals surface area (Å²) in [6, 6.07) is 17.5. The summed E-state index contributed by atoms with van der Waals surface area (Å²) < 4.78 is 0. The molecular formula is C26H26N8O2. The van der Waals surface area contributed by atoms with Gasteiger partial charge < -0.3 is 25.4 Å². The van der Waals surface area contributed by atoms with Gasteiger partial charge in [-0.2, -0.15) is 0 Å². The normalized spacial score (nSPS) is 13.4. The Bertz CT molecular complexity index is 1330. The summed E-state index contributed by atoms with van der Waals surface area (Å²) >= 11 is 0. The van der Waals surface area contributed by atoms with Crippen LogP contribution in [0.3, 0.4) is 0 Å². The SMILES string of the molecule is CC(=O)Nc1ccc(-c2ccnc(Nc3ccc(N4CCN(C(=O)c5cnc[nH]5)CC4)cc3)n2)cc1. The van der Waals surface area contributed by atoms with Gasteiger partial charge >= 0.3 is 0 Å². The Morgan fingerprint density at radius 2 is 1.64 bits per heavy atom. The summed E-state index contributed by atoms with van der Waals surface area (Å²) in [7, 11) is 0. The first kappa shape index (κ1) is 23.0. The van der Waals surface area contributed by atoms with E-state index in [1.807, 2.05) is 47.4 Å². The van der Waals surface area contributed by atoms with E-state index in [9.17, 15) is 9.59 Å². The second-order valence-corrected chi connectivity index (χ2v) is 8.44. The number of H-pyrrole nitrogens is 1. The lowest BCUT2D eigenvalue weighted by atomic mass is 10.1. The highest BCUT2D eigenvalue weighted by atomic mass is 16.2. The second kappa shape index (κ2) is 10.3. The van der Waals surface area contributed by atoms with Gasteiger partial charge in [0.15, 0.2) is 0 Å². The zero-order valence-corrected chi connectivity index (χ0v) is 19.8. The topological polar surface area (TPSA) is 119 Å². The van der Waals surface area contributed by atoms with Crippen molar-refractivity contribution in [3.8, 4) is 11.3 Å². The molecule has 1 saturated heterocycles. The van der Waals surface area contributed by atoms with E-state index in [4.69, 9.17) is 0 Å². The number of piperazine rings is 1. The summed E-state index contributed by atoms with van der Waals surface area (Å²) in [4.78, 5) is 43.6. The fourth-order valence-corrected chi connectivity index (χ4v) is 4.10. The Balaban J connectivity index is 1.19. The number of nitrogens with zero attached hydrogens (tertiary/aromatic N) is 5. The van der Waals surface area contributed by atoms with E-state index in [2.05, 4.69) is 47.6 Å². The third-order valence-electron chi connectivity index (χ3n) is 5.94. The standard InChI is InChI=1S/C26H26N8O2/c1-18(35)30-20-4-2-19(3-5-20)23-10-11-28-26(32-23)31-21-6-8-22(9-7-21)33-12-14-34(15-13-33)25(36)24-16-27-17-29-24/h2-11,16-17H,12-15H2,1H3,(H,27,29)(H,30,35)(H,28,31,32). The Morgan fingerprint density at radius 3 is 2.31 bits per heavy atom. The molecule has 0 radical (unpaired) electrons. The van der Waals surface area contributed by atoms with Crippen molar-refractivity contribution in [2.24, 2.45) is 0 Å². The Labute approximate surface area is 208 Å². The number of benzene rings is 2. The molecule has 4 aromatic rings. The third-order valence-corrected chi connectivity index (χ3v) is 5.94. The molecule has 1 aliphatic rings. The third kappa shape index (κ3) is 5.33. The van der Waals surface area contributed by atoms with E-state index >= 15 is 0 Å². The van der Waals surface area contributed by atoms with Crippen LogP contribution in [-0.4, -0.2) is 62.8 Å². The number of nitrogens with one attached hydrogen (secondary N) is 3. The van der Waals surface area contributed by atoms with Crippen LogP contribution in [0.25, 0.3) is 11.3 Å². The average molecular weight is 483 g/mol. The molecule has 0 bridgehead atoms. The molecule has 0 saturated carbocycles. The Hall–Kier alpha value is -4.73. The van der Waals surface area contributed by atoms with Gasteiger partial charge in [-0.1, -0.05) is 12.1 Å².